The van der Waals surface area contributed by atoms with Crippen LogP contribution in [-0.4, -0.2) is 32.4 Å². The standard InChI is InChI=1S/C19H22N4/c1-15(22-10-3-2-4-11-22)16-5-7-17(8-6-16)18-13-21-19-14-20-9-12-23(18)19/h5-9,12-15H,2-4,10-11H2,1H3. The summed E-state index contributed by atoms with van der Waals surface area (Å²) in [4.78, 5) is 11.1. The molecule has 0 saturated carbocycles. The van der Waals surface area contributed by atoms with E-state index in [0.29, 0.717) is 6.04 Å². The Morgan fingerprint density at radius 1 is 1.00 bits per heavy atom. The molecule has 0 spiro atoms. The first-order valence-electron chi connectivity index (χ1n) is 8.44. The number of hydrogen-bond donors (Lipinski definition) is 0. The maximum absolute atomic E-state index is 4.42. The highest BCUT2D eigenvalue weighted by Gasteiger charge is 2.18. The molecule has 1 fully saturated rings. The van der Waals surface area contributed by atoms with Crippen molar-refractivity contribution in [2.75, 3.05) is 13.1 Å². The molecule has 4 heteroatoms. The van der Waals surface area contributed by atoms with Crippen molar-refractivity contribution in [2.24, 2.45) is 0 Å². The Labute approximate surface area is 136 Å². The predicted molar refractivity (Wildman–Crippen MR) is 92.3 cm³/mol. The van der Waals surface area contributed by atoms with Gasteiger partial charge in [0.2, 0.25) is 0 Å². The fraction of sp³-hybridized carbons (Fsp3) is 0.368. The van der Waals surface area contributed by atoms with Crippen LogP contribution < -0.4 is 0 Å². The zero-order chi connectivity index (χ0) is 15.6. The second kappa shape index (κ2) is 6.13. The lowest BCUT2D eigenvalue weighted by Gasteiger charge is -2.32. The minimum Gasteiger partial charge on any atom is -0.297 e. The third-order valence-corrected chi connectivity index (χ3v) is 4.94. The summed E-state index contributed by atoms with van der Waals surface area (Å²) >= 11 is 0. The monoisotopic (exact) mass is 306 g/mol. The third-order valence-electron chi connectivity index (χ3n) is 4.94. The van der Waals surface area contributed by atoms with E-state index in [-0.39, 0.29) is 0 Å². The number of nitrogens with zero attached hydrogens (tertiary/aromatic N) is 4. The van der Waals surface area contributed by atoms with Crippen LogP contribution in [-0.2, 0) is 0 Å². The number of benzene rings is 1. The molecule has 3 aromatic rings. The molecule has 0 amide bonds. The summed E-state index contributed by atoms with van der Waals surface area (Å²) < 4.78 is 2.08. The molecule has 2 aromatic heterocycles. The van der Waals surface area contributed by atoms with Crippen molar-refractivity contribution in [1.29, 1.82) is 0 Å². The van der Waals surface area contributed by atoms with Crippen molar-refractivity contribution in [2.45, 2.75) is 32.2 Å². The first-order valence-corrected chi connectivity index (χ1v) is 8.44. The van der Waals surface area contributed by atoms with Gasteiger partial charge in [-0.1, -0.05) is 30.7 Å². The molecule has 4 nitrogen and oxygen atoms in total. The number of rotatable bonds is 3. The predicted octanol–water partition coefficient (Wildman–Crippen LogP) is 3.94. The first kappa shape index (κ1) is 14.4. The van der Waals surface area contributed by atoms with Crippen molar-refractivity contribution in [3.8, 4) is 11.3 Å². The summed E-state index contributed by atoms with van der Waals surface area (Å²) in [5.74, 6) is 0. The minimum atomic E-state index is 0.496. The Morgan fingerprint density at radius 3 is 2.57 bits per heavy atom. The molecule has 0 N–H and O–H groups in total. The highest BCUT2D eigenvalue weighted by atomic mass is 15.2. The van der Waals surface area contributed by atoms with Crippen LogP contribution in [0.15, 0.2) is 49.1 Å². The van der Waals surface area contributed by atoms with Crippen LogP contribution in [0.1, 0.15) is 37.8 Å². The van der Waals surface area contributed by atoms with Gasteiger partial charge in [0.15, 0.2) is 5.65 Å². The van der Waals surface area contributed by atoms with Gasteiger partial charge in [0.1, 0.15) is 0 Å². The Morgan fingerprint density at radius 2 is 1.78 bits per heavy atom. The average Bonchev–Trinajstić information content (AvgIpc) is 3.06. The highest BCUT2D eigenvalue weighted by molar-refractivity contribution is 5.63. The number of aromatic nitrogens is 3. The van der Waals surface area contributed by atoms with Gasteiger partial charge < -0.3 is 0 Å². The lowest BCUT2D eigenvalue weighted by atomic mass is 10.0. The zero-order valence-electron chi connectivity index (χ0n) is 13.5. The number of hydrogen-bond acceptors (Lipinski definition) is 3. The minimum absolute atomic E-state index is 0.496. The summed E-state index contributed by atoms with van der Waals surface area (Å²) in [7, 11) is 0. The molecule has 1 unspecified atom stereocenters. The maximum atomic E-state index is 4.42. The molecule has 1 aliphatic heterocycles. The molecule has 1 aromatic carbocycles. The molecule has 0 aliphatic carbocycles. The molecule has 0 radical (unpaired) electrons. The second-order valence-electron chi connectivity index (χ2n) is 6.34. The van der Waals surface area contributed by atoms with E-state index in [1.54, 1.807) is 12.4 Å². The van der Waals surface area contributed by atoms with E-state index in [4.69, 9.17) is 0 Å². The number of fused-ring (bicyclic) bond motifs is 1. The van der Waals surface area contributed by atoms with Crippen LogP contribution in [0.2, 0.25) is 0 Å². The number of piperidine rings is 1. The fourth-order valence-corrected chi connectivity index (χ4v) is 3.50. The van der Waals surface area contributed by atoms with Crippen molar-refractivity contribution >= 4 is 5.65 Å². The van der Waals surface area contributed by atoms with Gasteiger partial charge in [0.05, 0.1) is 18.1 Å². The van der Waals surface area contributed by atoms with E-state index in [1.165, 1.54) is 43.5 Å². The van der Waals surface area contributed by atoms with Crippen LogP contribution in [0.25, 0.3) is 16.9 Å². The first-order chi connectivity index (χ1) is 11.3. The average molecular weight is 306 g/mol. The van der Waals surface area contributed by atoms with Gasteiger partial charge in [0.25, 0.3) is 0 Å². The van der Waals surface area contributed by atoms with Crippen LogP contribution in [0, 0.1) is 0 Å². The van der Waals surface area contributed by atoms with Crippen LogP contribution in [0.4, 0.5) is 0 Å². The van der Waals surface area contributed by atoms with E-state index < -0.39 is 0 Å². The van der Waals surface area contributed by atoms with E-state index >= 15 is 0 Å². The van der Waals surface area contributed by atoms with Crippen molar-refractivity contribution in [3.63, 3.8) is 0 Å². The summed E-state index contributed by atoms with van der Waals surface area (Å²) in [6.07, 6.45) is 11.5. The smallest absolute Gasteiger partial charge is 0.155 e. The second-order valence-corrected chi connectivity index (χ2v) is 6.34. The van der Waals surface area contributed by atoms with E-state index in [9.17, 15) is 0 Å². The van der Waals surface area contributed by atoms with Gasteiger partial charge in [-0.05, 0) is 38.4 Å². The summed E-state index contributed by atoms with van der Waals surface area (Å²) in [5.41, 5.74) is 4.58. The van der Waals surface area contributed by atoms with Gasteiger partial charge in [-0.25, -0.2) is 4.98 Å². The van der Waals surface area contributed by atoms with Gasteiger partial charge in [-0.3, -0.25) is 14.3 Å². The van der Waals surface area contributed by atoms with Gasteiger partial charge in [-0.15, -0.1) is 0 Å². The summed E-state index contributed by atoms with van der Waals surface area (Å²) in [6, 6.07) is 9.43. The molecule has 1 saturated heterocycles. The number of imidazole rings is 1. The van der Waals surface area contributed by atoms with E-state index in [0.717, 1.165) is 11.3 Å². The Bertz CT molecular complexity index is 784. The van der Waals surface area contributed by atoms with E-state index in [2.05, 4.69) is 50.5 Å². The molecule has 0 bridgehead atoms. The van der Waals surface area contributed by atoms with Gasteiger partial charge >= 0.3 is 0 Å². The van der Waals surface area contributed by atoms with Crippen LogP contribution in [0.3, 0.4) is 0 Å². The van der Waals surface area contributed by atoms with Crippen molar-refractivity contribution in [3.05, 3.63) is 54.6 Å². The van der Waals surface area contributed by atoms with Crippen molar-refractivity contribution < 1.29 is 0 Å². The lowest BCUT2D eigenvalue weighted by Crippen LogP contribution is -2.32. The molecule has 118 valence electrons. The third kappa shape index (κ3) is 2.75. The molecule has 4 rings (SSSR count). The molecular weight excluding hydrogens is 284 g/mol. The molecule has 1 aliphatic rings. The number of likely N-dealkylation sites (tertiary alicyclic amines) is 1. The molecule has 23 heavy (non-hydrogen) atoms. The Balaban J connectivity index is 1.60. The van der Waals surface area contributed by atoms with Gasteiger partial charge in [0, 0.05) is 24.0 Å². The van der Waals surface area contributed by atoms with Crippen molar-refractivity contribution in [1.82, 2.24) is 19.3 Å². The molecule has 3 heterocycles. The normalized spacial score (nSPS) is 17.4. The highest BCUT2D eigenvalue weighted by Crippen LogP contribution is 2.27. The lowest BCUT2D eigenvalue weighted by molar-refractivity contribution is 0.175. The van der Waals surface area contributed by atoms with E-state index in [1.807, 2.05) is 12.4 Å². The topological polar surface area (TPSA) is 33.4 Å². The van der Waals surface area contributed by atoms with Crippen LogP contribution in [0.5, 0.6) is 0 Å². The fourth-order valence-electron chi connectivity index (χ4n) is 3.50. The quantitative estimate of drug-likeness (QED) is 0.735. The maximum Gasteiger partial charge on any atom is 0.155 e. The largest absolute Gasteiger partial charge is 0.297 e. The Hall–Kier alpha value is -2.20. The molecular formula is C19H22N4. The Kier molecular flexibility index (Phi) is 3.83. The summed E-state index contributed by atoms with van der Waals surface area (Å²) in [6.45, 7) is 4.77. The SMILES string of the molecule is CC(c1ccc(-c2cnc3cnccn23)cc1)N1CCCCC1. The zero-order valence-corrected chi connectivity index (χ0v) is 13.5. The summed E-state index contributed by atoms with van der Waals surface area (Å²) in [5, 5.41) is 0. The van der Waals surface area contributed by atoms with Gasteiger partial charge in [-0.2, -0.15) is 0 Å². The molecule has 1 atom stereocenters. The van der Waals surface area contributed by atoms with Crippen LogP contribution >= 0.6 is 0 Å².